The van der Waals surface area contributed by atoms with E-state index in [0.29, 0.717) is 5.56 Å². The number of benzene rings is 1. The minimum absolute atomic E-state index is 0.228. The molecule has 0 bridgehead atoms. The Kier molecular flexibility index (Phi) is 4.16. The molecule has 5 heteroatoms. The molecule has 22 heavy (non-hydrogen) atoms. The minimum Gasteiger partial charge on any atom is -0.323 e. The van der Waals surface area contributed by atoms with Gasteiger partial charge in [0.1, 0.15) is 0 Å². The number of thiophene rings is 1. The lowest BCUT2D eigenvalue weighted by molar-refractivity contribution is 0.0955. The molecule has 0 aliphatic heterocycles. The highest BCUT2D eigenvalue weighted by molar-refractivity contribution is 7.13. The van der Waals surface area contributed by atoms with Crippen molar-refractivity contribution >= 4 is 23.5 Å². The van der Waals surface area contributed by atoms with Gasteiger partial charge in [0.2, 0.25) is 0 Å². The third kappa shape index (κ3) is 3.15. The number of nitrogens with zero attached hydrogens (tertiary/aromatic N) is 2. The van der Waals surface area contributed by atoms with Gasteiger partial charge in [-0.15, -0.1) is 11.3 Å². The number of aromatic nitrogens is 1. The third-order valence-electron chi connectivity index (χ3n) is 3.15. The number of para-hydroxylation sites is 1. The molecule has 3 rings (SSSR count). The summed E-state index contributed by atoms with van der Waals surface area (Å²) in [6.07, 6.45) is 5.47. The molecular formula is C17H15N3OS. The first-order valence-corrected chi connectivity index (χ1v) is 7.68. The van der Waals surface area contributed by atoms with Crippen LogP contribution in [0.1, 0.15) is 20.1 Å². The summed E-state index contributed by atoms with van der Waals surface area (Å²) >= 11 is 1.63. The highest BCUT2D eigenvalue weighted by atomic mass is 32.1. The Balaban J connectivity index is 1.77. The maximum Gasteiger partial charge on any atom is 0.273 e. The average Bonchev–Trinajstić information content (AvgIpc) is 3.19. The van der Waals surface area contributed by atoms with Crippen molar-refractivity contribution in [1.29, 1.82) is 0 Å². The Morgan fingerprint density at radius 2 is 1.91 bits per heavy atom. The summed E-state index contributed by atoms with van der Waals surface area (Å²) in [4.78, 5) is 14.5. The molecule has 0 saturated carbocycles. The first kappa shape index (κ1) is 14.3. The second kappa shape index (κ2) is 6.41. The van der Waals surface area contributed by atoms with Crippen LogP contribution in [0.4, 0.5) is 0 Å². The van der Waals surface area contributed by atoms with Crippen LogP contribution in [0, 0.1) is 6.92 Å². The van der Waals surface area contributed by atoms with Gasteiger partial charge in [-0.1, -0.05) is 12.1 Å². The summed E-state index contributed by atoms with van der Waals surface area (Å²) in [5, 5.41) is 4.03. The second-order valence-corrected chi connectivity index (χ2v) is 6.07. The number of aryl methyl sites for hydroxylation is 1. The lowest BCUT2D eigenvalue weighted by Crippen LogP contribution is -2.19. The monoisotopic (exact) mass is 309 g/mol. The van der Waals surface area contributed by atoms with Crippen LogP contribution in [-0.2, 0) is 0 Å². The predicted octanol–water partition coefficient (Wildman–Crippen LogP) is 3.61. The maximum atomic E-state index is 12.3. The van der Waals surface area contributed by atoms with E-state index in [1.165, 1.54) is 4.88 Å². The van der Waals surface area contributed by atoms with Crippen LogP contribution >= 0.6 is 11.3 Å². The Morgan fingerprint density at radius 1 is 1.14 bits per heavy atom. The van der Waals surface area contributed by atoms with E-state index in [2.05, 4.69) is 10.5 Å². The summed E-state index contributed by atoms with van der Waals surface area (Å²) in [5.41, 5.74) is 3.99. The molecule has 2 heterocycles. The van der Waals surface area contributed by atoms with Gasteiger partial charge in [0, 0.05) is 22.1 Å². The lowest BCUT2D eigenvalue weighted by Gasteiger charge is -2.08. The Hall–Kier alpha value is -2.66. The van der Waals surface area contributed by atoms with Gasteiger partial charge in [0.05, 0.1) is 17.5 Å². The number of amides is 1. The number of hydrogen-bond donors (Lipinski definition) is 1. The zero-order valence-corrected chi connectivity index (χ0v) is 12.9. The van der Waals surface area contributed by atoms with E-state index in [9.17, 15) is 4.79 Å². The molecule has 0 unspecified atom stereocenters. The van der Waals surface area contributed by atoms with E-state index in [0.717, 1.165) is 10.6 Å². The first-order valence-electron chi connectivity index (χ1n) is 6.86. The number of carbonyl (C=O) groups excluding carboxylic acids is 1. The van der Waals surface area contributed by atoms with E-state index in [4.69, 9.17) is 0 Å². The molecule has 0 spiro atoms. The van der Waals surface area contributed by atoms with Crippen molar-refractivity contribution in [2.75, 3.05) is 0 Å². The number of hydrogen-bond acceptors (Lipinski definition) is 3. The fourth-order valence-corrected chi connectivity index (χ4v) is 2.87. The fourth-order valence-electron chi connectivity index (χ4n) is 2.12. The number of hydrazone groups is 1. The average molecular weight is 309 g/mol. The normalized spacial score (nSPS) is 11.0. The van der Waals surface area contributed by atoms with Crippen LogP contribution in [0.15, 0.2) is 66.0 Å². The Labute approximate surface area is 132 Å². The second-order valence-electron chi connectivity index (χ2n) is 4.76. The van der Waals surface area contributed by atoms with E-state index < -0.39 is 0 Å². The van der Waals surface area contributed by atoms with Crippen LogP contribution in [0.25, 0.3) is 5.69 Å². The zero-order valence-electron chi connectivity index (χ0n) is 12.1. The van der Waals surface area contributed by atoms with Gasteiger partial charge in [-0.05, 0) is 43.3 Å². The minimum atomic E-state index is -0.228. The van der Waals surface area contributed by atoms with Crippen molar-refractivity contribution in [3.05, 3.63) is 76.2 Å². The highest BCUT2D eigenvalue weighted by Crippen LogP contribution is 2.15. The van der Waals surface area contributed by atoms with Gasteiger partial charge in [-0.25, -0.2) is 5.43 Å². The molecule has 0 fully saturated rings. The molecule has 0 aliphatic carbocycles. The molecule has 4 nitrogen and oxygen atoms in total. The highest BCUT2D eigenvalue weighted by Gasteiger charge is 2.10. The summed E-state index contributed by atoms with van der Waals surface area (Å²) in [6.45, 7) is 2.04. The van der Waals surface area contributed by atoms with Gasteiger partial charge in [-0.3, -0.25) is 4.79 Å². The Morgan fingerprint density at radius 3 is 2.64 bits per heavy atom. The SMILES string of the molecule is Cc1ccc(/C=N/NC(=O)c2ccccc2-n2cccc2)s1. The van der Waals surface area contributed by atoms with Crippen molar-refractivity contribution < 1.29 is 4.79 Å². The number of rotatable bonds is 4. The standard InChI is InChI=1S/C17H15N3OS/c1-13-8-9-14(22-13)12-18-19-17(21)15-6-2-3-7-16(15)20-10-4-5-11-20/h2-12H,1H3,(H,19,21)/b18-12+. The fraction of sp³-hybridized carbons (Fsp3) is 0.0588. The molecule has 0 atom stereocenters. The van der Waals surface area contributed by atoms with Gasteiger partial charge in [-0.2, -0.15) is 5.10 Å². The predicted molar refractivity (Wildman–Crippen MR) is 89.9 cm³/mol. The van der Waals surface area contributed by atoms with Crippen molar-refractivity contribution in [1.82, 2.24) is 9.99 Å². The molecule has 2 aromatic heterocycles. The van der Waals surface area contributed by atoms with Crippen LogP contribution in [0.2, 0.25) is 0 Å². The van der Waals surface area contributed by atoms with Crippen LogP contribution in [0.5, 0.6) is 0 Å². The molecule has 0 saturated heterocycles. The van der Waals surface area contributed by atoms with Crippen molar-refractivity contribution in [3.63, 3.8) is 0 Å². The van der Waals surface area contributed by atoms with Crippen LogP contribution in [-0.4, -0.2) is 16.7 Å². The van der Waals surface area contributed by atoms with Gasteiger partial charge in [0.15, 0.2) is 0 Å². The molecule has 3 aromatic rings. The molecular weight excluding hydrogens is 294 g/mol. The van der Waals surface area contributed by atoms with Crippen LogP contribution < -0.4 is 5.43 Å². The molecule has 0 radical (unpaired) electrons. The van der Waals surface area contributed by atoms with Gasteiger partial charge >= 0.3 is 0 Å². The summed E-state index contributed by atoms with van der Waals surface area (Å²) in [6, 6.07) is 15.3. The van der Waals surface area contributed by atoms with Crippen molar-refractivity contribution in [2.24, 2.45) is 5.10 Å². The summed E-state index contributed by atoms with van der Waals surface area (Å²) < 4.78 is 1.90. The molecule has 1 aromatic carbocycles. The zero-order chi connectivity index (χ0) is 15.4. The van der Waals surface area contributed by atoms with E-state index >= 15 is 0 Å². The van der Waals surface area contributed by atoms with Crippen molar-refractivity contribution in [3.8, 4) is 5.69 Å². The van der Waals surface area contributed by atoms with Gasteiger partial charge in [0.25, 0.3) is 5.91 Å². The quantitative estimate of drug-likeness (QED) is 0.581. The Bertz CT molecular complexity index is 803. The molecule has 1 N–H and O–H groups in total. The lowest BCUT2D eigenvalue weighted by atomic mass is 10.1. The maximum absolute atomic E-state index is 12.3. The largest absolute Gasteiger partial charge is 0.323 e. The number of nitrogens with one attached hydrogen (secondary N) is 1. The number of carbonyl (C=O) groups is 1. The summed E-state index contributed by atoms with van der Waals surface area (Å²) in [7, 11) is 0. The summed E-state index contributed by atoms with van der Waals surface area (Å²) in [5.74, 6) is -0.228. The smallest absolute Gasteiger partial charge is 0.273 e. The van der Waals surface area contributed by atoms with Crippen molar-refractivity contribution in [2.45, 2.75) is 6.92 Å². The third-order valence-corrected chi connectivity index (χ3v) is 4.09. The van der Waals surface area contributed by atoms with Crippen LogP contribution in [0.3, 0.4) is 0 Å². The topological polar surface area (TPSA) is 46.4 Å². The van der Waals surface area contributed by atoms with Gasteiger partial charge < -0.3 is 4.57 Å². The van der Waals surface area contributed by atoms with E-state index in [1.807, 2.05) is 66.3 Å². The van der Waals surface area contributed by atoms with E-state index in [-0.39, 0.29) is 5.91 Å². The molecule has 1 amide bonds. The first-order chi connectivity index (χ1) is 10.7. The molecule has 0 aliphatic rings. The van der Waals surface area contributed by atoms with E-state index in [1.54, 1.807) is 23.6 Å². The molecule has 110 valence electrons.